The first-order valence-corrected chi connectivity index (χ1v) is 12.6. The number of fused-ring (bicyclic) bond motifs is 2. The Balaban J connectivity index is 1.60. The molecule has 5 aromatic rings. The average Bonchev–Trinajstić information content (AvgIpc) is 2.89. The van der Waals surface area contributed by atoms with Gasteiger partial charge >= 0.3 is 15.1 Å². The monoisotopic (exact) mass is 475 g/mol. The van der Waals surface area contributed by atoms with Crippen LogP contribution in [-0.4, -0.2) is 30.1 Å². The number of pyridine rings is 3. The topological polar surface area (TPSA) is 66.4 Å². The fourth-order valence-corrected chi connectivity index (χ4v) is 5.05. The van der Waals surface area contributed by atoms with Crippen LogP contribution in [0.25, 0.3) is 34.1 Å². The van der Waals surface area contributed by atoms with Crippen molar-refractivity contribution in [3.63, 3.8) is 0 Å². The van der Waals surface area contributed by atoms with Crippen molar-refractivity contribution in [3.8, 4) is 11.5 Å². The molecule has 0 amide bonds. The summed E-state index contributed by atoms with van der Waals surface area (Å²) in [5, 5.41) is 3.30. The van der Waals surface area contributed by atoms with Gasteiger partial charge in [0.05, 0.1) is 0 Å². The molecule has 0 saturated heterocycles. The fourth-order valence-electron chi connectivity index (χ4n) is 3.71. The molecule has 35 heavy (non-hydrogen) atoms. The highest BCUT2D eigenvalue weighted by Crippen LogP contribution is 2.27. The second kappa shape index (κ2) is 10.4. The summed E-state index contributed by atoms with van der Waals surface area (Å²) in [4.78, 5) is 13.5. The zero-order chi connectivity index (χ0) is 24.0. The lowest BCUT2D eigenvalue weighted by Gasteiger charge is -2.18. The van der Waals surface area contributed by atoms with Gasteiger partial charge in [-0.1, -0.05) is 55.1 Å². The Morgan fingerprint density at radius 1 is 0.743 bits per heavy atom. The van der Waals surface area contributed by atoms with E-state index in [0.717, 1.165) is 27.0 Å². The Kier molecular flexibility index (Phi) is 6.71. The Labute approximate surface area is 207 Å². The first-order valence-electron chi connectivity index (χ1n) is 11.2. The number of hydrogen-bond acceptors (Lipinski definition) is 6. The van der Waals surface area contributed by atoms with Gasteiger partial charge in [0.25, 0.3) is 0 Å². The van der Waals surface area contributed by atoms with E-state index in [1.807, 2.05) is 91.9 Å². The van der Waals surface area contributed by atoms with Crippen LogP contribution in [0.3, 0.4) is 0 Å². The van der Waals surface area contributed by atoms with Gasteiger partial charge in [0.2, 0.25) is 0 Å². The van der Waals surface area contributed by atoms with Crippen molar-refractivity contribution >= 4 is 49.3 Å². The SMILES string of the molecule is C=c1cccn/c1=C(/C=C\C)[O][Al]([O]c1cccc2cccnc12)[O]c1cccc2cccnc12. The molecule has 170 valence electrons. The van der Waals surface area contributed by atoms with E-state index in [0.29, 0.717) is 22.6 Å². The predicted octanol–water partition coefficient (Wildman–Crippen LogP) is 4.43. The van der Waals surface area contributed by atoms with E-state index in [1.54, 1.807) is 18.6 Å². The van der Waals surface area contributed by atoms with Crippen LogP contribution in [0.15, 0.2) is 104 Å². The standard InChI is InChI=1S/C10H11NO.2C9H7NO.Al/c1-3-5-9(12)10-8(2)6-4-7-11-10;2*11-8-5-1-3-7-4-2-6-10-9(7)8;/h3-7,12H,2H2,1H3;2*1-6,11H;/q;;;+3/p-3/b5-3-,10-9-;;;. The molecule has 3 aromatic heterocycles. The lowest BCUT2D eigenvalue weighted by molar-refractivity contribution is 0.291. The predicted molar refractivity (Wildman–Crippen MR) is 139 cm³/mol. The smallest absolute Gasteiger partial charge is 0.576 e. The minimum absolute atomic E-state index is 0.524. The van der Waals surface area contributed by atoms with E-state index in [9.17, 15) is 0 Å². The van der Waals surface area contributed by atoms with Crippen LogP contribution < -0.4 is 18.1 Å². The van der Waals surface area contributed by atoms with Crippen molar-refractivity contribution in [1.29, 1.82) is 0 Å². The fraction of sp³-hybridized carbons (Fsp3) is 0.0357. The van der Waals surface area contributed by atoms with E-state index in [4.69, 9.17) is 11.4 Å². The number of hydrogen-bond donors (Lipinski definition) is 0. The highest BCUT2D eigenvalue weighted by atomic mass is 27.3. The molecule has 3 heterocycles. The Morgan fingerprint density at radius 2 is 1.29 bits per heavy atom. The number of benzene rings is 2. The second-order valence-corrected chi connectivity index (χ2v) is 8.96. The van der Waals surface area contributed by atoms with Crippen molar-refractivity contribution in [2.45, 2.75) is 6.92 Å². The maximum atomic E-state index is 6.43. The molecule has 0 spiro atoms. The van der Waals surface area contributed by atoms with Gasteiger partial charge in [0.15, 0.2) is 0 Å². The molecule has 0 fully saturated rings. The minimum Gasteiger partial charge on any atom is -0.576 e. The van der Waals surface area contributed by atoms with Crippen LogP contribution in [0, 0.1) is 0 Å². The van der Waals surface area contributed by atoms with E-state index in [-0.39, 0.29) is 0 Å². The third-order valence-corrected chi connectivity index (χ3v) is 6.64. The zero-order valence-electron chi connectivity index (χ0n) is 19.2. The molecule has 0 aliphatic carbocycles. The van der Waals surface area contributed by atoms with Gasteiger partial charge < -0.3 is 11.4 Å². The van der Waals surface area contributed by atoms with Crippen molar-refractivity contribution in [2.75, 3.05) is 0 Å². The molecule has 0 radical (unpaired) electrons. The lowest BCUT2D eigenvalue weighted by atomic mass is 10.2. The van der Waals surface area contributed by atoms with Gasteiger partial charge in [-0.15, -0.1) is 0 Å². The van der Waals surface area contributed by atoms with Crippen LogP contribution in [0.2, 0.25) is 0 Å². The molecule has 0 N–H and O–H groups in total. The summed E-state index contributed by atoms with van der Waals surface area (Å²) in [5.41, 5.74) is 1.47. The van der Waals surface area contributed by atoms with Crippen LogP contribution in [0.5, 0.6) is 11.5 Å². The molecule has 0 saturated carbocycles. The number of nitrogens with zero attached hydrogens (tertiary/aromatic N) is 3. The first kappa shape index (κ1) is 22.6. The molecule has 5 rings (SSSR count). The third kappa shape index (κ3) is 5.02. The van der Waals surface area contributed by atoms with Crippen molar-refractivity contribution in [3.05, 3.63) is 114 Å². The summed E-state index contributed by atoms with van der Waals surface area (Å²) in [5.74, 6) is 1.70. The number of allylic oxidation sites excluding steroid dienone is 1. The average molecular weight is 475 g/mol. The van der Waals surface area contributed by atoms with Crippen molar-refractivity contribution in [1.82, 2.24) is 15.0 Å². The van der Waals surface area contributed by atoms with Crippen LogP contribution in [0.1, 0.15) is 6.92 Å². The number of para-hydroxylation sites is 2. The summed E-state index contributed by atoms with van der Waals surface area (Å²) in [6, 6.07) is 23.0. The largest absolute Gasteiger partial charge is 1.20 e. The van der Waals surface area contributed by atoms with Gasteiger partial charge in [-0.25, -0.2) is 0 Å². The molecule has 0 atom stereocenters. The van der Waals surface area contributed by atoms with Crippen LogP contribution in [-0.2, 0) is 3.79 Å². The van der Waals surface area contributed by atoms with E-state index < -0.39 is 15.1 Å². The summed E-state index contributed by atoms with van der Waals surface area (Å²) in [7, 11) is 0. The van der Waals surface area contributed by atoms with Gasteiger partial charge in [-0.05, 0) is 48.6 Å². The molecule has 0 bridgehead atoms. The van der Waals surface area contributed by atoms with Crippen molar-refractivity contribution < 1.29 is 11.4 Å². The normalized spacial score (nSPS) is 12.0. The van der Waals surface area contributed by atoms with E-state index in [2.05, 4.69) is 21.5 Å². The molecule has 0 unspecified atom stereocenters. The summed E-state index contributed by atoms with van der Waals surface area (Å²) < 4.78 is 19.3. The minimum atomic E-state index is -2.92. The zero-order valence-corrected chi connectivity index (χ0v) is 20.3. The number of aromatic nitrogens is 3. The van der Waals surface area contributed by atoms with E-state index in [1.165, 1.54) is 0 Å². The molecular weight excluding hydrogens is 453 g/mol. The number of rotatable bonds is 7. The third-order valence-electron chi connectivity index (χ3n) is 5.30. The highest BCUT2D eigenvalue weighted by Gasteiger charge is 2.45. The Bertz CT molecular complexity index is 1550. The molecular formula is C28H22AlN3O3. The van der Waals surface area contributed by atoms with Crippen molar-refractivity contribution in [2.24, 2.45) is 0 Å². The lowest BCUT2D eigenvalue weighted by Crippen LogP contribution is -2.37. The molecule has 7 heteroatoms. The molecule has 6 nitrogen and oxygen atoms in total. The maximum Gasteiger partial charge on any atom is 1.20 e. The molecule has 2 aromatic carbocycles. The van der Waals surface area contributed by atoms with Gasteiger partial charge in [0.1, 0.15) is 33.6 Å². The van der Waals surface area contributed by atoms with Gasteiger partial charge in [0, 0.05) is 29.4 Å². The quantitative estimate of drug-likeness (QED) is 0.325. The summed E-state index contributed by atoms with van der Waals surface area (Å²) in [6.07, 6.45) is 8.91. The summed E-state index contributed by atoms with van der Waals surface area (Å²) in [6.45, 7) is 6.01. The summed E-state index contributed by atoms with van der Waals surface area (Å²) >= 11 is -2.92. The molecule has 0 aliphatic heterocycles. The van der Waals surface area contributed by atoms with E-state index >= 15 is 0 Å². The van der Waals surface area contributed by atoms with Crippen LogP contribution >= 0.6 is 0 Å². The molecule has 0 aliphatic rings. The first-order chi connectivity index (χ1) is 17.2. The second-order valence-electron chi connectivity index (χ2n) is 7.68. The maximum absolute atomic E-state index is 6.43. The Morgan fingerprint density at radius 3 is 1.86 bits per heavy atom. The Hall–Kier alpha value is -4.18. The van der Waals surface area contributed by atoms with Gasteiger partial charge in [-0.3, -0.25) is 15.0 Å². The van der Waals surface area contributed by atoms with Crippen LogP contribution in [0.4, 0.5) is 0 Å². The van der Waals surface area contributed by atoms with Gasteiger partial charge in [-0.2, -0.15) is 0 Å². The highest BCUT2D eigenvalue weighted by molar-refractivity contribution is 6.40.